The molecule has 0 radical (unpaired) electrons. The van der Waals surface area contributed by atoms with Crippen molar-refractivity contribution < 1.29 is 5.11 Å². The van der Waals surface area contributed by atoms with Crippen LogP contribution in [0.1, 0.15) is 26.7 Å². The van der Waals surface area contributed by atoms with Gasteiger partial charge in [-0.25, -0.2) is 9.97 Å². The highest BCUT2D eigenvalue weighted by atomic mass is 79.9. The molecule has 5 heteroatoms. The number of hydrogen-bond acceptors (Lipinski definition) is 4. The fourth-order valence-corrected chi connectivity index (χ4v) is 1.66. The molecule has 0 aliphatic carbocycles. The number of aliphatic hydroxyl groups excluding tert-OH is 1. The molecule has 0 saturated heterocycles. The molecule has 0 unspecified atom stereocenters. The molecule has 90 valence electrons. The lowest BCUT2D eigenvalue weighted by Crippen LogP contribution is -2.23. The summed E-state index contributed by atoms with van der Waals surface area (Å²) in [4.78, 5) is 8.34. The van der Waals surface area contributed by atoms with Gasteiger partial charge in [0.2, 0.25) is 5.95 Å². The van der Waals surface area contributed by atoms with E-state index in [4.69, 9.17) is 5.11 Å². The molecular formula is C11H18BrN3O. The first-order valence-corrected chi connectivity index (χ1v) is 6.30. The second kappa shape index (κ2) is 6.81. The van der Waals surface area contributed by atoms with E-state index in [1.54, 1.807) is 12.4 Å². The summed E-state index contributed by atoms with van der Waals surface area (Å²) in [6.45, 7) is 4.37. The van der Waals surface area contributed by atoms with E-state index in [2.05, 4.69) is 38.1 Å². The van der Waals surface area contributed by atoms with Crippen molar-refractivity contribution in [2.45, 2.75) is 32.7 Å². The smallest absolute Gasteiger partial charge is 0.222 e. The third-order valence-corrected chi connectivity index (χ3v) is 2.85. The zero-order valence-corrected chi connectivity index (χ0v) is 11.2. The molecule has 0 amide bonds. The van der Waals surface area contributed by atoms with Gasteiger partial charge < -0.3 is 10.4 Å². The van der Waals surface area contributed by atoms with Gasteiger partial charge in [0, 0.05) is 25.0 Å². The lowest BCUT2D eigenvalue weighted by molar-refractivity contribution is 0.224. The summed E-state index contributed by atoms with van der Waals surface area (Å²) < 4.78 is 0.870. The third kappa shape index (κ3) is 4.45. The number of anilines is 1. The molecule has 0 aliphatic rings. The zero-order chi connectivity index (χ0) is 12.0. The van der Waals surface area contributed by atoms with Crippen molar-refractivity contribution in [2.75, 3.05) is 11.9 Å². The number of nitrogens with zero attached hydrogens (tertiary/aromatic N) is 2. The Labute approximate surface area is 105 Å². The van der Waals surface area contributed by atoms with Crippen LogP contribution in [0, 0.1) is 5.92 Å². The lowest BCUT2D eigenvalue weighted by atomic mass is 10.0. The van der Waals surface area contributed by atoms with E-state index in [-0.39, 0.29) is 6.61 Å². The van der Waals surface area contributed by atoms with Crippen LogP contribution in [0.15, 0.2) is 16.9 Å². The molecule has 16 heavy (non-hydrogen) atoms. The predicted octanol–water partition coefficient (Wildman–Crippen LogP) is 2.45. The average molecular weight is 288 g/mol. The first kappa shape index (κ1) is 13.4. The van der Waals surface area contributed by atoms with Crippen LogP contribution in [-0.2, 0) is 0 Å². The molecule has 0 fully saturated rings. The van der Waals surface area contributed by atoms with Crippen LogP contribution in [0.25, 0.3) is 0 Å². The lowest BCUT2D eigenvalue weighted by Gasteiger charge is -2.19. The van der Waals surface area contributed by atoms with Crippen LogP contribution >= 0.6 is 15.9 Å². The summed E-state index contributed by atoms with van der Waals surface area (Å²) in [5.41, 5.74) is 0. The number of nitrogens with one attached hydrogen (secondary N) is 1. The van der Waals surface area contributed by atoms with Crippen molar-refractivity contribution in [1.29, 1.82) is 0 Å². The van der Waals surface area contributed by atoms with Gasteiger partial charge in [-0.05, 0) is 34.7 Å². The third-order valence-electron chi connectivity index (χ3n) is 2.44. The number of aromatic nitrogens is 2. The van der Waals surface area contributed by atoms with Crippen LogP contribution in [0.5, 0.6) is 0 Å². The van der Waals surface area contributed by atoms with Crippen molar-refractivity contribution in [3.63, 3.8) is 0 Å². The molecule has 2 atom stereocenters. The minimum atomic E-state index is 0.222. The minimum Gasteiger partial charge on any atom is -0.396 e. The van der Waals surface area contributed by atoms with E-state index < -0.39 is 0 Å². The molecule has 0 aromatic carbocycles. The summed E-state index contributed by atoms with van der Waals surface area (Å²) in [5, 5.41) is 12.3. The van der Waals surface area contributed by atoms with Crippen LogP contribution in [-0.4, -0.2) is 27.7 Å². The SMILES string of the molecule is CC[C@@H](C[C@@H](C)CO)Nc1ncc(Br)cn1. The summed E-state index contributed by atoms with van der Waals surface area (Å²) in [6.07, 6.45) is 5.35. The van der Waals surface area contributed by atoms with Crippen LogP contribution in [0.2, 0.25) is 0 Å². The highest BCUT2D eigenvalue weighted by molar-refractivity contribution is 9.10. The van der Waals surface area contributed by atoms with Gasteiger partial charge in [0.1, 0.15) is 0 Å². The molecular weight excluding hydrogens is 270 g/mol. The van der Waals surface area contributed by atoms with E-state index >= 15 is 0 Å². The average Bonchev–Trinajstić information content (AvgIpc) is 2.30. The molecule has 1 aromatic rings. The molecule has 0 aliphatic heterocycles. The van der Waals surface area contributed by atoms with Crippen LogP contribution in [0.3, 0.4) is 0 Å². The van der Waals surface area contributed by atoms with Gasteiger partial charge >= 0.3 is 0 Å². The summed E-state index contributed by atoms with van der Waals surface area (Å²) >= 11 is 3.29. The highest BCUT2D eigenvalue weighted by Crippen LogP contribution is 2.13. The van der Waals surface area contributed by atoms with E-state index in [0.29, 0.717) is 17.9 Å². The van der Waals surface area contributed by atoms with Crippen molar-refractivity contribution in [1.82, 2.24) is 9.97 Å². The maximum Gasteiger partial charge on any atom is 0.222 e. The van der Waals surface area contributed by atoms with Gasteiger partial charge in [-0.3, -0.25) is 0 Å². The summed E-state index contributed by atoms with van der Waals surface area (Å²) in [5.74, 6) is 0.938. The predicted molar refractivity (Wildman–Crippen MR) is 68.3 cm³/mol. The van der Waals surface area contributed by atoms with Crippen LogP contribution < -0.4 is 5.32 Å². The normalized spacial score (nSPS) is 14.5. The molecule has 1 heterocycles. The molecule has 1 aromatic heterocycles. The van der Waals surface area contributed by atoms with E-state index in [1.807, 2.05) is 6.92 Å². The number of hydrogen-bond donors (Lipinski definition) is 2. The number of rotatable bonds is 6. The molecule has 2 N–H and O–H groups in total. The Morgan fingerprint density at radius 2 is 2.06 bits per heavy atom. The van der Waals surface area contributed by atoms with Gasteiger partial charge in [0.15, 0.2) is 0 Å². The first-order valence-electron chi connectivity index (χ1n) is 5.50. The Morgan fingerprint density at radius 3 is 2.56 bits per heavy atom. The highest BCUT2D eigenvalue weighted by Gasteiger charge is 2.11. The van der Waals surface area contributed by atoms with Gasteiger partial charge in [-0.1, -0.05) is 13.8 Å². The Balaban J connectivity index is 2.52. The van der Waals surface area contributed by atoms with E-state index in [1.165, 1.54) is 0 Å². The Hall–Kier alpha value is -0.680. The van der Waals surface area contributed by atoms with Crippen LogP contribution in [0.4, 0.5) is 5.95 Å². The maximum atomic E-state index is 9.02. The molecule has 1 rings (SSSR count). The van der Waals surface area contributed by atoms with Crippen molar-refractivity contribution in [2.24, 2.45) is 5.92 Å². The molecule has 0 bridgehead atoms. The van der Waals surface area contributed by atoms with Crippen molar-refractivity contribution in [3.05, 3.63) is 16.9 Å². The van der Waals surface area contributed by atoms with Gasteiger partial charge in [0.25, 0.3) is 0 Å². The Bertz CT molecular complexity index is 305. The van der Waals surface area contributed by atoms with E-state index in [9.17, 15) is 0 Å². The minimum absolute atomic E-state index is 0.222. The van der Waals surface area contributed by atoms with Crippen molar-refractivity contribution >= 4 is 21.9 Å². The standard InChI is InChI=1S/C11H18BrN3O/c1-3-10(4-8(2)7-16)15-11-13-5-9(12)6-14-11/h5-6,8,10,16H,3-4,7H2,1-2H3,(H,13,14,15)/t8-,10+/m1/s1. The monoisotopic (exact) mass is 287 g/mol. The fraction of sp³-hybridized carbons (Fsp3) is 0.636. The number of halogens is 1. The maximum absolute atomic E-state index is 9.02. The van der Waals surface area contributed by atoms with Gasteiger partial charge in [-0.15, -0.1) is 0 Å². The zero-order valence-electron chi connectivity index (χ0n) is 9.65. The summed E-state index contributed by atoms with van der Waals surface area (Å²) in [6, 6.07) is 0.309. The largest absolute Gasteiger partial charge is 0.396 e. The second-order valence-electron chi connectivity index (χ2n) is 4.00. The van der Waals surface area contributed by atoms with Crippen molar-refractivity contribution in [3.8, 4) is 0 Å². The number of aliphatic hydroxyl groups is 1. The quantitative estimate of drug-likeness (QED) is 0.844. The molecule has 4 nitrogen and oxygen atoms in total. The molecule has 0 saturated carbocycles. The Morgan fingerprint density at radius 1 is 1.44 bits per heavy atom. The summed E-state index contributed by atoms with van der Waals surface area (Å²) in [7, 11) is 0. The topological polar surface area (TPSA) is 58.0 Å². The van der Waals surface area contributed by atoms with E-state index in [0.717, 1.165) is 17.3 Å². The van der Waals surface area contributed by atoms with Gasteiger partial charge in [0.05, 0.1) is 4.47 Å². The fourth-order valence-electron chi connectivity index (χ4n) is 1.46. The Kier molecular flexibility index (Phi) is 5.69. The van der Waals surface area contributed by atoms with Gasteiger partial charge in [-0.2, -0.15) is 0 Å². The molecule has 0 spiro atoms. The first-order chi connectivity index (χ1) is 7.65. The second-order valence-corrected chi connectivity index (χ2v) is 4.91.